The van der Waals surface area contributed by atoms with Crippen LogP contribution in [0, 0.1) is 23.3 Å². The van der Waals surface area contributed by atoms with Crippen molar-refractivity contribution in [1.29, 1.82) is 0 Å². The summed E-state index contributed by atoms with van der Waals surface area (Å²) >= 11 is 2.95. The van der Waals surface area contributed by atoms with Gasteiger partial charge in [0.05, 0.1) is 4.47 Å². The van der Waals surface area contributed by atoms with Crippen molar-refractivity contribution in [2.75, 3.05) is 5.32 Å². The molecule has 19 heavy (non-hydrogen) atoms. The van der Waals surface area contributed by atoms with Gasteiger partial charge in [-0.05, 0) is 40.2 Å². The fourth-order valence-corrected chi connectivity index (χ4v) is 1.90. The average molecular weight is 334 g/mol. The van der Waals surface area contributed by atoms with Crippen LogP contribution in [0.2, 0.25) is 0 Å². The summed E-state index contributed by atoms with van der Waals surface area (Å²) in [5.74, 6) is -3.45. The Morgan fingerprint density at radius 3 is 2.26 bits per heavy atom. The fourth-order valence-electron chi connectivity index (χ4n) is 1.53. The van der Waals surface area contributed by atoms with Gasteiger partial charge in [0.2, 0.25) is 0 Å². The van der Waals surface area contributed by atoms with Crippen LogP contribution in [0.5, 0.6) is 0 Å². The third kappa shape index (κ3) is 3.07. The molecule has 1 nitrogen and oxygen atoms in total. The Labute approximate surface area is 115 Å². The third-order valence-corrected chi connectivity index (χ3v) is 3.14. The lowest BCUT2D eigenvalue weighted by atomic mass is 10.2. The molecule has 0 aliphatic rings. The van der Waals surface area contributed by atoms with Gasteiger partial charge in [-0.2, -0.15) is 0 Å². The van der Waals surface area contributed by atoms with E-state index in [4.69, 9.17) is 0 Å². The van der Waals surface area contributed by atoms with E-state index in [1.54, 1.807) is 0 Å². The van der Waals surface area contributed by atoms with Gasteiger partial charge >= 0.3 is 0 Å². The average Bonchev–Trinajstić information content (AvgIpc) is 2.38. The minimum Gasteiger partial charge on any atom is -0.381 e. The zero-order valence-electron chi connectivity index (χ0n) is 9.48. The number of anilines is 1. The van der Waals surface area contributed by atoms with E-state index >= 15 is 0 Å². The lowest BCUT2D eigenvalue weighted by Gasteiger charge is -2.09. The highest BCUT2D eigenvalue weighted by atomic mass is 79.9. The summed E-state index contributed by atoms with van der Waals surface area (Å²) in [6.07, 6.45) is 0. The molecule has 0 amide bonds. The molecule has 0 aromatic heterocycles. The standard InChI is InChI=1S/C13H8BrF4N/c14-9-2-4-10(15)8(13(9)18)6-19-7-1-3-11(16)12(17)5-7/h1-5,19H,6H2. The maximum Gasteiger partial charge on any atom is 0.160 e. The van der Waals surface area contributed by atoms with Gasteiger partial charge in [0.15, 0.2) is 11.6 Å². The van der Waals surface area contributed by atoms with Crippen LogP contribution in [0.3, 0.4) is 0 Å². The van der Waals surface area contributed by atoms with Crippen molar-refractivity contribution in [2.24, 2.45) is 0 Å². The van der Waals surface area contributed by atoms with E-state index in [0.717, 1.165) is 18.2 Å². The minimum atomic E-state index is -1.03. The largest absolute Gasteiger partial charge is 0.381 e. The zero-order valence-corrected chi connectivity index (χ0v) is 11.1. The SMILES string of the molecule is Fc1ccc(NCc2c(F)ccc(Br)c2F)cc1F. The third-order valence-electron chi connectivity index (χ3n) is 2.53. The Bertz CT molecular complexity index is 616. The van der Waals surface area contributed by atoms with Crippen molar-refractivity contribution in [3.8, 4) is 0 Å². The second-order valence-electron chi connectivity index (χ2n) is 3.80. The number of hydrogen-bond donors (Lipinski definition) is 1. The summed E-state index contributed by atoms with van der Waals surface area (Å²) < 4.78 is 52.9. The highest BCUT2D eigenvalue weighted by molar-refractivity contribution is 9.10. The van der Waals surface area contributed by atoms with Crippen molar-refractivity contribution >= 4 is 21.6 Å². The molecule has 0 saturated carbocycles. The molecule has 0 bridgehead atoms. The molecule has 0 spiro atoms. The van der Waals surface area contributed by atoms with Crippen LogP contribution in [-0.2, 0) is 6.54 Å². The summed E-state index contributed by atoms with van der Waals surface area (Å²) in [4.78, 5) is 0. The fraction of sp³-hybridized carbons (Fsp3) is 0.0769. The monoisotopic (exact) mass is 333 g/mol. The molecule has 0 heterocycles. The van der Waals surface area contributed by atoms with Crippen LogP contribution in [0.15, 0.2) is 34.8 Å². The molecular formula is C13H8BrF4N. The Kier molecular flexibility index (Phi) is 4.09. The van der Waals surface area contributed by atoms with Crippen molar-refractivity contribution in [3.63, 3.8) is 0 Å². The van der Waals surface area contributed by atoms with Gasteiger partial charge in [0.1, 0.15) is 11.6 Å². The Balaban J connectivity index is 2.19. The molecule has 0 unspecified atom stereocenters. The molecule has 0 radical (unpaired) electrons. The molecule has 0 fully saturated rings. The highest BCUT2D eigenvalue weighted by Crippen LogP contribution is 2.23. The molecule has 0 atom stereocenters. The number of benzene rings is 2. The first-order valence-corrected chi connectivity index (χ1v) is 6.09. The normalized spacial score (nSPS) is 10.6. The Morgan fingerprint density at radius 2 is 1.58 bits per heavy atom. The number of hydrogen-bond acceptors (Lipinski definition) is 1. The summed E-state index contributed by atoms with van der Waals surface area (Å²) in [6, 6.07) is 5.52. The summed E-state index contributed by atoms with van der Waals surface area (Å²) in [7, 11) is 0. The van der Waals surface area contributed by atoms with E-state index in [9.17, 15) is 17.6 Å². The zero-order chi connectivity index (χ0) is 14.0. The molecule has 0 saturated heterocycles. The molecule has 0 aliphatic heterocycles. The van der Waals surface area contributed by atoms with Gasteiger partial charge in [-0.15, -0.1) is 0 Å². The van der Waals surface area contributed by atoms with E-state index in [2.05, 4.69) is 21.2 Å². The van der Waals surface area contributed by atoms with E-state index in [1.165, 1.54) is 12.1 Å². The molecule has 1 N–H and O–H groups in total. The maximum atomic E-state index is 13.6. The van der Waals surface area contributed by atoms with Crippen molar-refractivity contribution in [2.45, 2.75) is 6.54 Å². The second-order valence-corrected chi connectivity index (χ2v) is 4.66. The van der Waals surface area contributed by atoms with E-state index in [0.29, 0.717) is 0 Å². The molecule has 2 rings (SSSR count). The summed E-state index contributed by atoms with van der Waals surface area (Å²) in [5.41, 5.74) is 0.0526. The van der Waals surface area contributed by atoms with E-state index < -0.39 is 23.3 Å². The quantitative estimate of drug-likeness (QED) is 0.638. The summed E-state index contributed by atoms with van der Waals surface area (Å²) in [6.45, 7) is -0.178. The van der Waals surface area contributed by atoms with Gasteiger partial charge in [-0.3, -0.25) is 0 Å². The lowest BCUT2D eigenvalue weighted by molar-refractivity contribution is 0.509. The van der Waals surface area contributed by atoms with Gasteiger partial charge in [0, 0.05) is 23.9 Å². The second kappa shape index (κ2) is 5.61. The van der Waals surface area contributed by atoms with Crippen molar-refractivity contribution in [1.82, 2.24) is 0 Å². The Morgan fingerprint density at radius 1 is 0.895 bits per heavy atom. The van der Waals surface area contributed by atoms with Gasteiger partial charge in [0.25, 0.3) is 0 Å². The molecule has 0 aliphatic carbocycles. The summed E-state index contributed by atoms with van der Waals surface area (Å²) in [5, 5.41) is 2.63. The molecule has 6 heteroatoms. The smallest absolute Gasteiger partial charge is 0.160 e. The van der Waals surface area contributed by atoms with Crippen LogP contribution < -0.4 is 5.32 Å². The van der Waals surface area contributed by atoms with Gasteiger partial charge in [-0.1, -0.05) is 0 Å². The molecule has 100 valence electrons. The van der Waals surface area contributed by atoms with Gasteiger partial charge < -0.3 is 5.32 Å². The highest BCUT2D eigenvalue weighted by Gasteiger charge is 2.12. The van der Waals surface area contributed by atoms with Crippen LogP contribution in [0.1, 0.15) is 5.56 Å². The first kappa shape index (κ1) is 13.9. The van der Waals surface area contributed by atoms with Crippen LogP contribution in [0.4, 0.5) is 23.2 Å². The molecule has 2 aromatic rings. The topological polar surface area (TPSA) is 12.0 Å². The van der Waals surface area contributed by atoms with Crippen molar-refractivity contribution in [3.05, 3.63) is 63.6 Å². The van der Waals surface area contributed by atoms with E-state index in [-0.39, 0.29) is 22.3 Å². The predicted molar refractivity (Wildman–Crippen MR) is 67.7 cm³/mol. The van der Waals surface area contributed by atoms with E-state index in [1.807, 2.05) is 0 Å². The number of halogens is 5. The van der Waals surface area contributed by atoms with Crippen LogP contribution >= 0.6 is 15.9 Å². The maximum absolute atomic E-state index is 13.6. The van der Waals surface area contributed by atoms with Crippen LogP contribution in [-0.4, -0.2) is 0 Å². The first-order valence-electron chi connectivity index (χ1n) is 5.30. The van der Waals surface area contributed by atoms with Crippen LogP contribution in [0.25, 0.3) is 0 Å². The predicted octanol–water partition coefficient (Wildman–Crippen LogP) is 4.62. The molecular weight excluding hydrogens is 326 g/mol. The number of rotatable bonds is 3. The minimum absolute atomic E-state index is 0.135. The number of nitrogens with one attached hydrogen (secondary N) is 1. The first-order chi connectivity index (χ1) is 8.99. The van der Waals surface area contributed by atoms with Gasteiger partial charge in [-0.25, -0.2) is 17.6 Å². The van der Waals surface area contributed by atoms with Crippen molar-refractivity contribution < 1.29 is 17.6 Å². The Hall–Kier alpha value is -1.56. The molecule has 2 aromatic carbocycles. The lowest BCUT2D eigenvalue weighted by Crippen LogP contribution is -2.05.